The van der Waals surface area contributed by atoms with Crippen molar-refractivity contribution in [1.29, 1.82) is 0 Å². The van der Waals surface area contributed by atoms with Gasteiger partial charge in [-0.15, -0.1) is 11.3 Å². The molecule has 1 heterocycles. The second-order valence-electron chi connectivity index (χ2n) is 7.21. The zero-order valence-corrected chi connectivity index (χ0v) is 17.5. The van der Waals surface area contributed by atoms with Crippen molar-refractivity contribution in [2.24, 2.45) is 5.92 Å². The molecule has 1 aliphatic carbocycles. The molecule has 1 aromatic carbocycles. The fourth-order valence-corrected chi connectivity index (χ4v) is 4.51. The second-order valence-corrected chi connectivity index (χ2v) is 8.51. The van der Waals surface area contributed by atoms with E-state index < -0.39 is 0 Å². The molecule has 1 aromatic heterocycles. The van der Waals surface area contributed by atoms with Crippen molar-refractivity contribution in [2.75, 3.05) is 11.9 Å². The van der Waals surface area contributed by atoms with Crippen LogP contribution in [0.1, 0.15) is 56.2 Å². The third-order valence-electron chi connectivity index (χ3n) is 5.08. The van der Waals surface area contributed by atoms with Gasteiger partial charge >= 0.3 is 5.97 Å². The highest BCUT2D eigenvalue weighted by Crippen LogP contribution is 2.35. The Kier molecular flexibility index (Phi) is 7.45. The van der Waals surface area contributed by atoms with Gasteiger partial charge in [0.25, 0.3) is 0 Å². The smallest absolute Gasteiger partial charge is 0.302 e. The fraction of sp³-hybridized carbons (Fsp3) is 0.476. The number of carbonyl (C=O) groups is 2. The van der Waals surface area contributed by atoms with Crippen LogP contribution in [0.4, 0.5) is 5.13 Å². The first kappa shape index (κ1) is 20.8. The van der Waals surface area contributed by atoms with Crippen LogP contribution in [0.15, 0.2) is 29.6 Å². The van der Waals surface area contributed by atoms with Gasteiger partial charge < -0.3 is 10.1 Å². The lowest BCUT2D eigenvalue weighted by Gasteiger charge is -2.20. The summed E-state index contributed by atoms with van der Waals surface area (Å²) < 4.78 is 4.94. The Bertz CT molecular complexity index is 800. The number of nitrogens with zero attached hydrogens (tertiary/aromatic N) is 1. The average Bonchev–Trinajstić information content (AvgIpc) is 3.32. The summed E-state index contributed by atoms with van der Waals surface area (Å²) in [5.74, 6) is 0.0346. The molecular weight excluding hydrogens is 396 g/mol. The van der Waals surface area contributed by atoms with E-state index in [-0.39, 0.29) is 17.8 Å². The maximum absolute atomic E-state index is 13.1. The van der Waals surface area contributed by atoms with E-state index in [1.165, 1.54) is 43.9 Å². The molecule has 1 saturated carbocycles. The number of hydrogen-bond acceptors (Lipinski definition) is 5. The van der Waals surface area contributed by atoms with Crippen LogP contribution in [0, 0.1) is 5.92 Å². The first-order chi connectivity index (χ1) is 13.5. The molecular formula is C21H25ClN2O3S. The predicted molar refractivity (Wildman–Crippen MR) is 112 cm³/mol. The number of amides is 1. The molecule has 1 amide bonds. The number of ether oxygens (including phenoxy) is 1. The number of benzene rings is 1. The Balaban J connectivity index is 1.66. The molecule has 1 N–H and O–H groups in total. The quantitative estimate of drug-likeness (QED) is 0.595. The van der Waals surface area contributed by atoms with Gasteiger partial charge in [-0.05, 0) is 30.0 Å². The molecule has 1 fully saturated rings. The zero-order valence-electron chi connectivity index (χ0n) is 15.9. The number of thiazole rings is 1. The number of hydrogen-bond donors (Lipinski definition) is 1. The Morgan fingerprint density at radius 3 is 2.68 bits per heavy atom. The van der Waals surface area contributed by atoms with Crippen LogP contribution in [0.3, 0.4) is 0 Å². The van der Waals surface area contributed by atoms with Crippen molar-refractivity contribution in [3.8, 4) is 0 Å². The number of nitrogens with one attached hydrogen (secondary N) is 1. The van der Waals surface area contributed by atoms with Gasteiger partial charge in [-0.2, -0.15) is 0 Å². The van der Waals surface area contributed by atoms with Gasteiger partial charge in [0.1, 0.15) is 0 Å². The predicted octanol–water partition coefficient (Wildman–Crippen LogP) is 5.20. The number of rotatable bonds is 8. The molecule has 2 aromatic rings. The average molecular weight is 421 g/mol. The van der Waals surface area contributed by atoms with Crippen molar-refractivity contribution < 1.29 is 14.3 Å². The van der Waals surface area contributed by atoms with Gasteiger partial charge in [0.15, 0.2) is 5.13 Å². The molecule has 1 atom stereocenters. The standard InChI is InChI=1S/C21H25ClN2O3S/c1-14(25)27-11-10-18-13-28-21(23-18)24-20(26)19(12-15-4-2-3-5-15)16-6-8-17(22)9-7-16/h6-9,13,15,19H,2-5,10-12H2,1H3,(H,23,24,26). The van der Waals surface area contributed by atoms with Crippen LogP contribution >= 0.6 is 22.9 Å². The van der Waals surface area contributed by atoms with Crippen LogP contribution in [0.2, 0.25) is 5.02 Å². The summed E-state index contributed by atoms with van der Waals surface area (Å²) in [5.41, 5.74) is 1.79. The van der Waals surface area contributed by atoms with Gasteiger partial charge in [0.2, 0.25) is 5.91 Å². The van der Waals surface area contributed by atoms with E-state index in [9.17, 15) is 9.59 Å². The lowest BCUT2D eigenvalue weighted by atomic mass is 9.87. The van der Waals surface area contributed by atoms with E-state index in [0.29, 0.717) is 29.1 Å². The first-order valence-corrected chi connectivity index (χ1v) is 10.9. The Hall–Kier alpha value is -1.92. The van der Waals surface area contributed by atoms with E-state index in [1.807, 2.05) is 29.6 Å². The molecule has 28 heavy (non-hydrogen) atoms. The van der Waals surface area contributed by atoms with Crippen LogP contribution in [0.5, 0.6) is 0 Å². The molecule has 0 saturated heterocycles. The number of aromatic nitrogens is 1. The summed E-state index contributed by atoms with van der Waals surface area (Å²) in [6, 6.07) is 7.55. The molecule has 7 heteroatoms. The highest BCUT2D eigenvalue weighted by molar-refractivity contribution is 7.13. The highest BCUT2D eigenvalue weighted by atomic mass is 35.5. The molecule has 0 spiro atoms. The van der Waals surface area contributed by atoms with Gasteiger partial charge in [-0.3, -0.25) is 9.59 Å². The lowest BCUT2D eigenvalue weighted by molar-refractivity contribution is -0.140. The van der Waals surface area contributed by atoms with Gasteiger partial charge in [0.05, 0.1) is 18.2 Å². The lowest BCUT2D eigenvalue weighted by Crippen LogP contribution is -2.23. The maximum Gasteiger partial charge on any atom is 0.302 e. The Labute approximate surface area is 174 Å². The molecule has 5 nitrogen and oxygen atoms in total. The second kappa shape index (κ2) is 10.0. The number of esters is 1. The van der Waals surface area contributed by atoms with Crippen LogP contribution in [0.25, 0.3) is 0 Å². The first-order valence-electron chi connectivity index (χ1n) is 9.65. The van der Waals surface area contributed by atoms with Crippen molar-refractivity contribution in [3.63, 3.8) is 0 Å². The van der Waals surface area contributed by atoms with Gasteiger partial charge in [-0.1, -0.05) is 49.4 Å². The van der Waals surface area contributed by atoms with Crippen molar-refractivity contribution >= 4 is 39.9 Å². The summed E-state index contributed by atoms with van der Waals surface area (Å²) in [7, 11) is 0. The summed E-state index contributed by atoms with van der Waals surface area (Å²) in [4.78, 5) is 28.3. The minimum absolute atomic E-state index is 0.0323. The molecule has 1 aliphatic rings. The summed E-state index contributed by atoms with van der Waals surface area (Å²) >= 11 is 7.41. The summed E-state index contributed by atoms with van der Waals surface area (Å²) in [5, 5.41) is 6.10. The molecule has 0 radical (unpaired) electrons. The normalized spacial score (nSPS) is 15.4. The number of halogens is 1. The molecule has 0 aliphatic heterocycles. The minimum atomic E-state index is -0.304. The minimum Gasteiger partial charge on any atom is -0.465 e. The highest BCUT2D eigenvalue weighted by Gasteiger charge is 2.27. The SMILES string of the molecule is CC(=O)OCCc1csc(NC(=O)C(CC2CCCC2)c2ccc(Cl)cc2)n1. The molecule has 150 valence electrons. The third kappa shape index (κ3) is 6.04. The number of anilines is 1. The van der Waals surface area contributed by atoms with E-state index >= 15 is 0 Å². The van der Waals surface area contributed by atoms with Crippen LogP contribution in [-0.2, 0) is 20.7 Å². The van der Waals surface area contributed by atoms with Crippen molar-refractivity contribution in [2.45, 2.75) is 51.4 Å². The number of carbonyl (C=O) groups excluding carboxylic acids is 2. The van der Waals surface area contributed by atoms with E-state index in [2.05, 4.69) is 10.3 Å². The molecule has 0 bridgehead atoms. The summed E-state index contributed by atoms with van der Waals surface area (Å²) in [6.45, 7) is 1.68. The van der Waals surface area contributed by atoms with E-state index in [1.54, 1.807) is 0 Å². The maximum atomic E-state index is 13.1. The fourth-order valence-electron chi connectivity index (χ4n) is 3.64. The van der Waals surface area contributed by atoms with Crippen LogP contribution in [-0.4, -0.2) is 23.5 Å². The van der Waals surface area contributed by atoms with E-state index in [0.717, 1.165) is 17.7 Å². The van der Waals surface area contributed by atoms with Gasteiger partial charge in [-0.25, -0.2) is 4.98 Å². The van der Waals surface area contributed by atoms with Gasteiger partial charge in [0, 0.05) is 23.7 Å². The zero-order chi connectivity index (χ0) is 19.9. The molecule has 3 rings (SSSR count). The Morgan fingerprint density at radius 2 is 2.00 bits per heavy atom. The van der Waals surface area contributed by atoms with Crippen molar-refractivity contribution in [3.05, 3.63) is 45.9 Å². The monoisotopic (exact) mass is 420 g/mol. The summed E-state index contributed by atoms with van der Waals surface area (Å²) in [6.07, 6.45) is 6.26. The van der Waals surface area contributed by atoms with Crippen molar-refractivity contribution in [1.82, 2.24) is 4.98 Å². The van der Waals surface area contributed by atoms with Crippen LogP contribution < -0.4 is 5.32 Å². The topological polar surface area (TPSA) is 68.3 Å². The largest absolute Gasteiger partial charge is 0.465 e. The molecule has 1 unspecified atom stereocenters. The van der Waals surface area contributed by atoms with E-state index in [4.69, 9.17) is 16.3 Å². The third-order valence-corrected chi connectivity index (χ3v) is 6.14. The Morgan fingerprint density at radius 1 is 1.29 bits per heavy atom.